The van der Waals surface area contributed by atoms with E-state index in [1.807, 2.05) is 31.2 Å². The second kappa shape index (κ2) is 9.32. The zero-order valence-corrected chi connectivity index (χ0v) is 19.4. The summed E-state index contributed by atoms with van der Waals surface area (Å²) in [6.45, 7) is 4.01. The summed E-state index contributed by atoms with van der Waals surface area (Å²) in [5.74, 6) is -0.588. The first-order valence-corrected chi connectivity index (χ1v) is 11.0. The average molecular weight is 480 g/mol. The van der Waals surface area contributed by atoms with E-state index in [2.05, 4.69) is 15.0 Å². The molecule has 0 radical (unpaired) electrons. The van der Waals surface area contributed by atoms with Crippen LogP contribution in [0.5, 0.6) is 10.9 Å². The lowest BCUT2D eigenvalue weighted by Crippen LogP contribution is -2.48. The van der Waals surface area contributed by atoms with Crippen molar-refractivity contribution in [3.63, 3.8) is 0 Å². The van der Waals surface area contributed by atoms with Gasteiger partial charge in [-0.15, -0.1) is 0 Å². The van der Waals surface area contributed by atoms with Gasteiger partial charge < -0.3 is 9.84 Å². The minimum Gasteiger partial charge on any atom is -0.477 e. The molecule has 0 atom stereocenters. The van der Waals surface area contributed by atoms with Gasteiger partial charge in [-0.3, -0.25) is 9.55 Å². The number of ether oxygens (including phenoxy) is 1. The molecule has 2 aromatic heterocycles. The summed E-state index contributed by atoms with van der Waals surface area (Å²) >= 11 is 0.923. The van der Waals surface area contributed by atoms with E-state index in [4.69, 9.17) is 9.84 Å². The number of aryl methyl sites for hydroxylation is 2. The molecule has 10 nitrogen and oxygen atoms in total. The Morgan fingerprint density at radius 3 is 2.56 bits per heavy atom. The van der Waals surface area contributed by atoms with Crippen LogP contribution in [-0.4, -0.2) is 30.2 Å². The first-order valence-electron chi connectivity index (χ1n) is 10.2. The van der Waals surface area contributed by atoms with Gasteiger partial charge in [-0.1, -0.05) is 41.2 Å². The van der Waals surface area contributed by atoms with E-state index in [1.165, 1.54) is 17.8 Å². The summed E-state index contributed by atoms with van der Waals surface area (Å²) in [7, 11) is 1.40. The molecule has 0 bridgehead atoms. The van der Waals surface area contributed by atoms with Gasteiger partial charge in [0.2, 0.25) is 5.62 Å². The van der Waals surface area contributed by atoms with E-state index in [-0.39, 0.29) is 22.2 Å². The van der Waals surface area contributed by atoms with Crippen LogP contribution in [0.1, 0.15) is 26.4 Å². The molecule has 0 aliphatic rings. The quantitative estimate of drug-likeness (QED) is 0.437. The maximum Gasteiger partial charge on any atom is 0.347 e. The van der Waals surface area contributed by atoms with E-state index >= 15 is 0 Å². The maximum atomic E-state index is 12.8. The molecule has 0 saturated heterocycles. The average Bonchev–Trinajstić information content (AvgIpc) is 3.27. The topological polar surface area (TPSA) is 132 Å². The van der Waals surface area contributed by atoms with Crippen LogP contribution in [0.2, 0.25) is 0 Å². The van der Waals surface area contributed by atoms with Crippen molar-refractivity contribution < 1.29 is 14.6 Å². The monoisotopic (exact) mass is 479 g/mol. The molecular weight excluding hydrogens is 458 g/mol. The van der Waals surface area contributed by atoms with Crippen LogP contribution in [0, 0.1) is 13.8 Å². The van der Waals surface area contributed by atoms with E-state index < -0.39 is 17.3 Å². The number of nitrogens with zero attached hydrogens (tertiary/aromatic N) is 4. The molecule has 4 aromatic rings. The highest BCUT2D eigenvalue weighted by atomic mass is 32.1. The highest BCUT2D eigenvalue weighted by Gasteiger charge is 2.12. The first kappa shape index (κ1) is 22.9. The van der Waals surface area contributed by atoms with Crippen molar-refractivity contribution in [3.05, 3.63) is 96.8 Å². The van der Waals surface area contributed by atoms with Gasteiger partial charge in [-0.25, -0.2) is 28.9 Å². The fourth-order valence-electron chi connectivity index (χ4n) is 3.15. The fraction of sp³-hybridized carbons (Fsp3) is 0.174. The lowest BCUT2D eigenvalue weighted by molar-refractivity contribution is 0.0702. The van der Waals surface area contributed by atoms with Crippen molar-refractivity contribution in [2.45, 2.75) is 20.4 Å². The number of benzene rings is 2. The van der Waals surface area contributed by atoms with Crippen molar-refractivity contribution in [1.82, 2.24) is 19.1 Å². The predicted molar refractivity (Wildman–Crippen MR) is 126 cm³/mol. The largest absolute Gasteiger partial charge is 0.477 e. The number of nitrogens with one attached hydrogen (secondary N) is 1. The number of hydrogen-bond donors (Lipinski definition) is 2. The zero-order valence-electron chi connectivity index (χ0n) is 18.6. The van der Waals surface area contributed by atoms with Crippen LogP contribution in [0.3, 0.4) is 0 Å². The standard InChI is InChI=1S/C23H21N5O5S/c1-13-4-6-15(7-5-13)12-28-20(26-21(31)27(3)23(28)32)25-16-8-9-17(14(2)10-16)33-22-24-11-18(34-22)19(29)30/h4-11H,12H2,1-3H3,(H,29,30)(H,25,26,31). The number of rotatable bonds is 6. The number of aromatic carboxylic acids is 1. The molecule has 4 rings (SSSR count). The third-order valence-electron chi connectivity index (χ3n) is 5.04. The second-order valence-corrected chi connectivity index (χ2v) is 8.62. The second-order valence-electron chi connectivity index (χ2n) is 7.63. The van der Waals surface area contributed by atoms with E-state index in [0.717, 1.165) is 27.0 Å². The van der Waals surface area contributed by atoms with Gasteiger partial charge in [-0.2, -0.15) is 0 Å². The maximum absolute atomic E-state index is 12.8. The molecule has 2 N–H and O–H groups in total. The molecule has 0 fully saturated rings. The third-order valence-corrected chi connectivity index (χ3v) is 5.91. The number of carboxylic acid groups (broad SMARTS) is 1. The molecule has 11 heteroatoms. The van der Waals surface area contributed by atoms with Crippen molar-refractivity contribution >= 4 is 23.0 Å². The van der Waals surface area contributed by atoms with Crippen LogP contribution in [-0.2, 0) is 13.6 Å². The van der Waals surface area contributed by atoms with Gasteiger partial charge in [0.1, 0.15) is 10.6 Å². The van der Waals surface area contributed by atoms with Gasteiger partial charge >= 0.3 is 17.3 Å². The number of hydrogen-bond acceptors (Lipinski definition) is 7. The van der Waals surface area contributed by atoms with Crippen LogP contribution in [0.4, 0.5) is 5.69 Å². The summed E-state index contributed by atoms with van der Waals surface area (Å²) < 4.78 is 8.09. The number of carbonyl (C=O) groups is 1. The number of aromatic nitrogens is 4. The number of thiazole rings is 1. The Morgan fingerprint density at radius 2 is 1.91 bits per heavy atom. The summed E-state index contributed by atoms with van der Waals surface area (Å²) in [4.78, 5) is 47.3. The van der Waals surface area contributed by atoms with Gasteiger partial charge in [0.25, 0.3) is 5.19 Å². The molecule has 2 heterocycles. The highest BCUT2D eigenvalue weighted by Crippen LogP contribution is 2.30. The van der Waals surface area contributed by atoms with E-state index in [0.29, 0.717) is 17.0 Å². The van der Waals surface area contributed by atoms with E-state index in [1.54, 1.807) is 25.1 Å². The van der Waals surface area contributed by atoms with E-state index in [9.17, 15) is 14.4 Å². The van der Waals surface area contributed by atoms with Gasteiger partial charge in [-0.05, 0) is 43.2 Å². The van der Waals surface area contributed by atoms with Crippen molar-refractivity contribution in [3.8, 4) is 10.9 Å². The van der Waals surface area contributed by atoms with Crippen LogP contribution < -0.4 is 21.7 Å². The molecule has 0 unspecified atom stereocenters. The Morgan fingerprint density at radius 1 is 1.18 bits per heavy atom. The predicted octanol–water partition coefficient (Wildman–Crippen LogP) is 2.72. The Balaban J connectivity index is 1.71. The SMILES string of the molecule is Cc1ccc(Cn2c(=O)n(C)c(=O)[nH]/c2=N\c2ccc(Oc3ncc(C(=O)O)s3)c(C)c2)cc1. The lowest BCUT2D eigenvalue weighted by Gasteiger charge is -2.09. The molecule has 0 aliphatic heterocycles. The van der Waals surface area contributed by atoms with Gasteiger partial charge in [0, 0.05) is 7.05 Å². The van der Waals surface area contributed by atoms with Gasteiger partial charge in [0.15, 0.2) is 0 Å². The number of aromatic amines is 1. The summed E-state index contributed by atoms with van der Waals surface area (Å²) in [5, 5.41) is 9.24. The summed E-state index contributed by atoms with van der Waals surface area (Å²) in [6, 6.07) is 12.8. The molecule has 34 heavy (non-hydrogen) atoms. The normalized spacial score (nSPS) is 11.6. The Bertz CT molecular complexity index is 1560. The smallest absolute Gasteiger partial charge is 0.347 e. The van der Waals surface area contributed by atoms with Crippen LogP contribution in [0.25, 0.3) is 0 Å². The fourth-order valence-corrected chi connectivity index (χ4v) is 3.77. The minimum atomic E-state index is -1.07. The van der Waals surface area contributed by atoms with Gasteiger partial charge in [0.05, 0.1) is 18.4 Å². The minimum absolute atomic E-state index is 0.0759. The molecule has 0 saturated carbocycles. The van der Waals surface area contributed by atoms with Crippen molar-refractivity contribution in [2.24, 2.45) is 12.0 Å². The Kier molecular flexibility index (Phi) is 6.28. The molecule has 0 amide bonds. The summed E-state index contributed by atoms with van der Waals surface area (Å²) in [6.07, 6.45) is 1.24. The number of carboxylic acids is 1. The Hall–Kier alpha value is -4.25. The molecule has 0 aliphatic carbocycles. The van der Waals surface area contributed by atoms with Crippen molar-refractivity contribution in [2.75, 3.05) is 0 Å². The van der Waals surface area contributed by atoms with Crippen molar-refractivity contribution in [1.29, 1.82) is 0 Å². The lowest BCUT2D eigenvalue weighted by atomic mass is 10.1. The molecule has 174 valence electrons. The highest BCUT2D eigenvalue weighted by molar-refractivity contribution is 7.15. The van der Waals surface area contributed by atoms with Crippen LogP contribution >= 0.6 is 11.3 Å². The number of H-pyrrole nitrogens is 1. The third kappa shape index (κ3) is 4.89. The Labute approximate surface area is 197 Å². The zero-order chi connectivity index (χ0) is 24.4. The van der Waals surface area contributed by atoms with Crippen LogP contribution in [0.15, 0.2) is 63.2 Å². The molecular formula is C23H21N5O5S. The molecule has 0 spiro atoms. The summed E-state index contributed by atoms with van der Waals surface area (Å²) in [5.41, 5.74) is 2.26. The first-order chi connectivity index (χ1) is 16.2. The molecule has 2 aromatic carbocycles.